The van der Waals surface area contributed by atoms with Gasteiger partial charge in [0.2, 0.25) is 0 Å². The van der Waals surface area contributed by atoms with Crippen LogP contribution in [0.5, 0.6) is 0 Å². The number of nitrogens with zero attached hydrogens (tertiary/aromatic N) is 1. The van der Waals surface area contributed by atoms with E-state index in [1.807, 2.05) is 18.2 Å². The summed E-state index contributed by atoms with van der Waals surface area (Å²) in [5.41, 5.74) is 1.31. The van der Waals surface area contributed by atoms with Crippen LogP contribution >= 0.6 is 42.8 Å². The fourth-order valence-corrected chi connectivity index (χ4v) is 10.5. The molecule has 9 heteroatoms. The summed E-state index contributed by atoms with van der Waals surface area (Å²) in [6, 6.07) is 8.21. The maximum absolute atomic E-state index is 5.51. The van der Waals surface area contributed by atoms with Crippen molar-refractivity contribution in [2.75, 3.05) is 27.1 Å². The fourth-order valence-electron chi connectivity index (χ4n) is 2.03. The van der Waals surface area contributed by atoms with Crippen molar-refractivity contribution >= 4 is 61.8 Å². The predicted octanol–water partition coefficient (Wildman–Crippen LogP) is 4.95. The Labute approximate surface area is 147 Å². The van der Waals surface area contributed by atoms with E-state index in [9.17, 15) is 0 Å². The summed E-state index contributed by atoms with van der Waals surface area (Å²) in [7, 11) is 7.65. The highest BCUT2D eigenvalue weighted by Gasteiger charge is 2.44. The van der Waals surface area contributed by atoms with E-state index in [1.165, 1.54) is 4.70 Å². The first-order valence-corrected chi connectivity index (χ1v) is 12.9. The summed E-state index contributed by atoms with van der Waals surface area (Å²) < 4.78 is 18.8. The summed E-state index contributed by atoms with van der Waals surface area (Å²) in [5.74, 6) is 0.907. The van der Waals surface area contributed by atoms with E-state index in [-0.39, 0.29) is 5.54 Å². The minimum atomic E-state index is -2.53. The number of fused-ring (bicyclic) bond motifs is 1. The van der Waals surface area contributed by atoms with Gasteiger partial charge in [0.25, 0.3) is 0 Å². The van der Waals surface area contributed by atoms with E-state index < -0.39 is 8.80 Å². The molecular formula is C13H19NO3S4Si. The molecule has 1 aromatic carbocycles. The van der Waals surface area contributed by atoms with Crippen molar-refractivity contribution in [2.45, 2.75) is 16.8 Å². The molecular weight excluding hydrogens is 375 g/mol. The quantitative estimate of drug-likeness (QED) is 0.339. The highest BCUT2D eigenvalue weighted by Crippen LogP contribution is 2.45. The molecule has 0 spiro atoms. The smallest absolute Gasteiger partial charge is 0.377 e. The van der Waals surface area contributed by atoms with Gasteiger partial charge >= 0.3 is 8.80 Å². The van der Waals surface area contributed by atoms with E-state index in [1.54, 1.807) is 64.1 Å². The fraction of sp³-hybridized carbons (Fsp3) is 0.462. The van der Waals surface area contributed by atoms with Crippen LogP contribution in [0.25, 0.3) is 10.2 Å². The summed E-state index contributed by atoms with van der Waals surface area (Å²) in [5, 5.41) is 0. The van der Waals surface area contributed by atoms with E-state index >= 15 is 0 Å². The molecule has 0 saturated heterocycles. The number of aromatic nitrogens is 1. The molecule has 0 aliphatic heterocycles. The maximum Gasteiger partial charge on any atom is 0.504 e. The van der Waals surface area contributed by atoms with Crippen molar-refractivity contribution in [3.63, 3.8) is 0 Å². The van der Waals surface area contributed by atoms with Crippen LogP contribution in [-0.2, 0) is 13.3 Å². The zero-order chi connectivity index (χ0) is 16.0. The Hall–Kier alpha value is 0.257. The lowest BCUT2D eigenvalue weighted by molar-refractivity contribution is 0.116. The molecule has 0 aliphatic rings. The van der Waals surface area contributed by atoms with Gasteiger partial charge in [-0.15, -0.1) is 11.3 Å². The molecule has 0 radical (unpaired) electrons. The highest BCUT2D eigenvalue weighted by atomic mass is 33.5. The largest absolute Gasteiger partial charge is 0.504 e. The van der Waals surface area contributed by atoms with Gasteiger partial charge in [-0.3, -0.25) is 0 Å². The second kappa shape index (κ2) is 8.93. The second-order valence-corrected chi connectivity index (χ2v) is 13.3. The zero-order valence-corrected chi connectivity index (χ0v) is 17.2. The van der Waals surface area contributed by atoms with Crippen LogP contribution in [-0.4, -0.2) is 40.9 Å². The van der Waals surface area contributed by atoms with Crippen LogP contribution in [0.15, 0.2) is 28.6 Å². The van der Waals surface area contributed by atoms with Crippen molar-refractivity contribution in [1.82, 2.24) is 4.98 Å². The van der Waals surface area contributed by atoms with Crippen LogP contribution in [0.4, 0.5) is 0 Å². The van der Waals surface area contributed by atoms with Crippen molar-refractivity contribution < 1.29 is 13.3 Å². The van der Waals surface area contributed by atoms with E-state index in [2.05, 4.69) is 18.0 Å². The Morgan fingerprint density at radius 3 is 2.50 bits per heavy atom. The second-order valence-electron chi connectivity index (χ2n) is 4.50. The Morgan fingerprint density at radius 1 is 1.18 bits per heavy atom. The highest BCUT2D eigenvalue weighted by molar-refractivity contribution is 9.09. The normalized spacial score (nSPS) is 13.6. The van der Waals surface area contributed by atoms with Crippen LogP contribution in [0.2, 0.25) is 5.54 Å². The summed E-state index contributed by atoms with van der Waals surface area (Å²) in [6.07, 6.45) is 0. The number of rotatable bonds is 9. The third kappa shape index (κ3) is 4.41. The molecule has 1 aromatic heterocycles. The molecule has 122 valence electrons. The van der Waals surface area contributed by atoms with Gasteiger partial charge in [-0.05, 0) is 32.8 Å². The van der Waals surface area contributed by atoms with Crippen molar-refractivity contribution in [1.29, 1.82) is 0 Å². The van der Waals surface area contributed by atoms with Crippen LogP contribution in [0.3, 0.4) is 0 Å². The zero-order valence-electron chi connectivity index (χ0n) is 12.9. The van der Waals surface area contributed by atoms with Gasteiger partial charge < -0.3 is 13.3 Å². The Bertz CT molecular complexity index is 552. The first kappa shape index (κ1) is 18.6. The Kier molecular flexibility index (Phi) is 7.55. The molecule has 0 fully saturated rings. The maximum atomic E-state index is 5.51. The van der Waals surface area contributed by atoms with Crippen molar-refractivity contribution in [3.05, 3.63) is 24.3 Å². The van der Waals surface area contributed by atoms with Crippen LogP contribution < -0.4 is 0 Å². The van der Waals surface area contributed by atoms with E-state index in [0.29, 0.717) is 0 Å². The van der Waals surface area contributed by atoms with Gasteiger partial charge in [-0.1, -0.05) is 29.9 Å². The molecule has 22 heavy (non-hydrogen) atoms. The van der Waals surface area contributed by atoms with Crippen LogP contribution in [0, 0.1) is 0 Å². The lowest BCUT2D eigenvalue weighted by Gasteiger charge is -2.29. The first-order chi connectivity index (χ1) is 10.6. The number of para-hydroxylation sites is 1. The Morgan fingerprint density at radius 2 is 1.86 bits per heavy atom. The van der Waals surface area contributed by atoms with Crippen LogP contribution in [0.1, 0.15) is 6.92 Å². The lowest BCUT2D eigenvalue weighted by atomic mass is 10.3. The number of thiazole rings is 1. The molecule has 2 rings (SSSR count). The topological polar surface area (TPSA) is 40.6 Å². The molecule has 1 heterocycles. The van der Waals surface area contributed by atoms with Crippen molar-refractivity contribution in [3.8, 4) is 0 Å². The number of hydrogen-bond acceptors (Lipinski definition) is 8. The molecule has 0 saturated carbocycles. The van der Waals surface area contributed by atoms with Gasteiger partial charge in [0.1, 0.15) is 0 Å². The Balaban J connectivity index is 1.81. The third-order valence-corrected chi connectivity index (χ3v) is 12.2. The predicted molar refractivity (Wildman–Crippen MR) is 102 cm³/mol. The summed E-state index contributed by atoms with van der Waals surface area (Å²) >= 11 is 1.73. The van der Waals surface area contributed by atoms with Gasteiger partial charge in [-0.25, -0.2) is 4.98 Å². The molecule has 2 aromatic rings. The standard InChI is InChI=1S/C13H19NO3S4Si/c1-10(22(15-2,16-3)17-4)9-18-21-20-13-14-11-7-5-6-8-12(11)19-13/h5-8,10H,9H2,1-4H3. The molecule has 4 nitrogen and oxygen atoms in total. The lowest BCUT2D eigenvalue weighted by Crippen LogP contribution is -2.47. The summed E-state index contributed by atoms with van der Waals surface area (Å²) in [4.78, 5) is 4.61. The van der Waals surface area contributed by atoms with Gasteiger partial charge in [0.15, 0.2) is 4.34 Å². The number of benzene rings is 1. The minimum absolute atomic E-state index is 0.237. The minimum Gasteiger partial charge on any atom is -0.377 e. The van der Waals surface area contributed by atoms with Crippen molar-refractivity contribution in [2.24, 2.45) is 0 Å². The van der Waals surface area contributed by atoms with E-state index in [0.717, 1.165) is 15.6 Å². The summed E-state index contributed by atoms with van der Waals surface area (Å²) in [6.45, 7) is 2.11. The molecule has 1 atom stereocenters. The molecule has 0 N–H and O–H groups in total. The molecule has 0 amide bonds. The molecule has 1 unspecified atom stereocenters. The average molecular weight is 394 g/mol. The van der Waals surface area contributed by atoms with Gasteiger partial charge in [-0.2, -0.15) is 0 Å². The monoisotopic (exact) mass is 393 g/mol. The average Bonchev–Trinajstić information content (AvgIpc) is 2.96. The molecule has 0 aliphatic carbocycles. The third-order valence-electron chi connectivity index (χ3n) is 3.20. The van der Waals surface area contributed by atoms with Gasteiger partial charge in [0.05, 0.1) is 10.2 Å². The van der Waals surface area contributed by atoms with Gasteiger partial charge in [0, 0.05) is 32.6 Å². The number of hydrogen-bond donors (Lipinski definition) is 0. The first-order valence-electron chi connectivity index (χ1n) is 6.62. The molecule has 0 bridgehead atoms. The van der Waals surface area contributed by atoms with E-state index in [4.69, 9.17) is 13.3 Å². The SMILES string of the molecule is CO[Si](OC)(OC)C(C)CSSSc1nc2ccccc2s1.